The van der Waals surface area contributed by atoms with E-state index in [1.165, 1.54) is 24.0 Å². The molecule has 0 fully saturated rings. The third-order valence-electron chi connectivity index (χ3n) is 2.83. The van der Waals surface area contributed by atoms with Crippen LogP contribution in [-0.2, 0) is 9.59 Å². The van der Waals surface area contributed by atoms with E-state index in [-0.39, 0.29) is 29.6 Å². The highest BCUT2D eigenvalue weighted by molar-refractivity contribution is 6.32. The van der Waals surface area contributed by atoms with Crippen LogP contribution in [0.15, 0.2) is 18.2 Å². The molecule has 1 amide bonds. The number of carboxylic acids is 1. The number of hydrogen-bond donors (Lipinski definition) is 1. The van der Waals surface area contributed by atoms with Gasteiger partial charge in [0.05, 0.1) is 11.4 Å². The molecule has 1 unspecified atom stereocenters. The summed E-state index contributed by atoms with van der Waals surface area (Å²) in [4.78, 5) is 24.1. The molecular weight excluding hydrogens is 301 g/mol. The van der Waals surface area contributed by atoms with Gasteiger partial charge in [0, 0.05) is 13.1 Å². The second kappa shape index (κ2) is 7.83. The summed E-state index contributed by atoms with van der Waals surface area (Å²) in [7, 11) is 0. The average molecular weight is 318 g/mol. The Labute approximate surface area is 127 Å². The maximum atomic E-state index is 12.9. The maximum Gasteiger partial charge on any atom is 0.305 e. The number of aliphatic carboxylic acids is 1. The molecule has 1 aromatic rings. The van der Waals surface area contributed by atoms with Gasteiger partial charge in [-0.2, -0.15) is 0 Å². The SMILES string of the molecule is CCN(CCC(=O)O)C(=O)C(C)Oc1ccc(F)cc1Cl. The Morgan fingerprint density at radius 2 is 2.14 bits per heavy atom. The lowest BCUT2D eigenvalue weighted by molar-refractivity contribution is -0.140. The molecule has 21 heavy (non-hydrogen) atoms. The minimum atomic E-state index is -0.976. The molecule has 0 saturated carbocycles. The van der Waals surface area contributed by atoms with Gasteiger partial charge >= 0.3 is 5.97 Å². The molecule has 0 spiro atoms. The number of carbonyl (C=O) groups is 2. The van der Waals surface area contributed by atoms with Crippen LogP contribution in [0.25, 0.3) is 0 Å². The standard InChI is InChI=1S/C14H17ClFNO4/c1-3-17(7-6-13(18)19)14(20)9(2)21-12-5-4-10(16)8-11(12)15/h4-5,8-9H,3,6-7H2,1-2H3,(H,18,19). The van der Waals surface area contributed by atoms with Crippen molar-refractivity contribution in [2.75, 3.05) is 13.1 Å². The van der Waals surface area contributed by atoms with Gasteiger partial charge in [0.2, 0.25) is 0 Å². The predicted octanol–water partition coefficient (Wildman–Crippen LogP) is 2.57. The first-order chi connectivity index (χ1) is 9.85. The van der Waals surface area contributed by atoms with Crippen molar-refractivity contribution in [3.05, 3.63) is 29.0 Å². The zero-order valence-corrected chi connectivity index (χ0v) is 12.6. The Kier molecular flexibility index (Phi) is 6.42. The van der Waals surface area contributed by atoms with Gasteiger partial charge in [-0.3, -0.25) is 9.59 Å². The lowest BCUT2D eigenvalue weighted by atomic mass is 10.3. The number of likely N-dealkylation sites (N-methyl/N-ethyl adjacent to an activating group) is 1. The number of rotatable bonds is 7. The van der Waals surface area contributed by atoms with Crippen LogP contribution in [0.3, 0.4) is 0 Å². The first-order valence-corrected chi connectivity index (χ1v) is 6.85. The van der Waals surface area contributed by atoms with Crippen LogP contribution in [-0.4, -0.2) is 41.1 Å². The van der Waals surface area contributed by atoms with Crippen molar-refractivity contribution >= 4 is 23.5 Å². The lowest BCUT2D eigenvalue weighted by Crippen LogP contribution is -2.41. The Morgan fingerprint density at radius 1 is 1.48 bits per heavy atom. The van der Waals surface area contributed by atoms with Crippen LogP contribution in [0.4, 0.5) is 4.39 Å². The quantitative estimate of drug-likeness (QED) is 0.839. The number of benzene rings is 1. The fourth-order valence-electron chi connectivity index (χ4n) is 1.72. The summed E-state index contributed by atoms with van der Waals surface area (Å²) < 4.78 is 18.3. The Morgan fingerprint density at radius 3 is 2.67 bits per heavy atom. The number of halogens is 2. The van der Waals surface area contributed by atoms with Gasteiger partial charge in [0.25, 0.3) is 5.91 Å². The molecule has 0 bridgehead atoms. The van der Waals surface area contributed by atoms with Crippen LogP contribution in [0.5, 0.6) is 5.75 Å². The second-order valence-electron chi connectivity index (χ2n) is 4.40. The first kappa shape index (κ1) is 17.2. The summed E-state index contributed by atoms with van der Waals surface area (Å²) in [5, 5.41) is 8.73. The van der Waals surface area contributed by atoms with Crippen LogP contribution >= 0.6 is 11.6 Å². The second-order valence-corrected chi connectivity index (χ2v) is 4.80. The first-order valence-electron chi connectivity index (χ1n) is 6.47. The highest BCUT2D eigenvalue weighted by atomic mass is 35.5. The average Bonchev–Trinajstić information content (AvgIpc) is 2.42. The molecule has 0 saturated heterocycles. The summed E-state index contributed by atoms with van der Waals surface area (Å²) >= 11 is 5.83. The number of nitrogens with zero attached hydrogens (tertiary/aromatic N) is 1. The topological polar surface area (TPSA) is 66.8 Å². The number of carbonyl (C=O) groups excluding carboxylic acids is 1. The van der Waals surface area contributed by atoms with E-state index in [0.717, 1.165) is 6.07 Å². The minimum Gasteiger partial charge on any atom is -0.481 e. The summed E-state index contributed by atoms with van der Waals surface area (Å²) in [5.74, 6) is -1.62. The van der Waals surface area contributed by atoms with E-state index < -0.39 is 17.9 Å². The van der Waals surface area contributed by atoms with Gasteiger partial charge in [-0.15, -0.1) is 0 Å². The molecule has 0 aliphatic heterocycles. The van der Waals surface area contributed by atoms with E-state index in [1.54, 1.807) is 6.92 Å². The number of ether oxygens (including phenoxy) is 1. The van der Waals surface area contributed by atoms with Gasteiger partial charge in [-0.05, 0) is 32.0 Å². The van der Waals surface area contributed by atoms with Gasteiger partial charge in [0.15, 0.2) is 6.10 Å². The van der Waals surface area contributed by atoms with Gasteiger partial charge in [-0.25, -0.2) is 4.39 Å². The molecule has 7 heteroatoms. The molecule has 1 rings (SSSR count). The van der Waals surface area contributed by atoms with Crippen molar-refractivity contribution in [1.82, 2.24) is 4.90 Å². The zero-order chi connectivity index (χ0) is 16.0. The summed E-state index contributed by atoms with van der Waals surface area (Å²) in [5.41, 5.74) is 0. The molecule has 5 nitrogen and oxygen atoms in total. The summed E-state index contributed by atoms with van der Waals surface area (Å²) in [6, 6.07) is 3.62. The maximum absolute atomic E-state index is 12.9. The zero-order valence-electron chi connectivity index (χ0n) is 11.8. The van der Waals surface area contributed by atoms with Crippen LogP contribution in [0, 0.1) is 5.82 Å². The van der Waals surface area contributed by atoms with Gasteiger partial charge < -0.3 is 14.7 Å². The van der Waals surface area contributed by atoms with Gasteiger partial charge in [-0.1, -0.05) is 11.6 Å². The van der Waals surface area contributed by atoms with Crippen molar-refractivity contribution in [2.24, 2.45) is 0 Å². The highest BCUT2D eigenvalue weighted by Crippen LogP contribution is 2.26. The van der Waals surface area contributed by atoms with E-state index in [2.05, 4.69) is 0 Å². The van der Waals surface area contributed by atoms with Crippen molar-refractivity contribution in [3.63, 3.8) is 0 Å². The third kappa shape index (κ3) is 5.23. The van der Waals surface area contributed by atoms with Crippen molar-refractivity contribution in [2.45, 2.75) is 26.4 Å². The normalized spacial score (nSPS) is 11.8. The van der Waals surface area contributed by atoms with Crippen LogP contribution in [0.1, 0.15) is 20.3 Å². The fraction of sp³-hybridized carbons (Fsp3) is 0.429. The van der Waals surface area contributed by atoms with E-state index in [1.807, 2.05) is 0 Å². The minimum absolute atomic E-state index is 0.0724. The smallest absolute Gasteiger partial charge is 0.305 e. The Bertz CT molecular complexity index is 524. The van der Waals surface area contributed by atoms with Gasteiger partial charge in [0.1, 0.15) is 11.6 Å². The number of hydrogen-bond acceptors (Lipinski definition) is 3. The van der Waals surface area contributed by atoms with E-state index in [0.29, 0.717) is 6.54 Å². The Balaban J connectivity index is 2.70. The molecule has 0 aliphatic rings. The largest absolute Gasteiger partial charge is 0.481 e. The molecule has 1 aromatic carbocycles. The van der Waals surface area contributed by atoms with Crippen LogP contribution in [0.2, 0.25) is 5.02 Å². The molecule has 0 aliphatic carbocycles. The molecule has 0 radical (unpaired) electrons. The third-order valence-corrected chi connectivity index (χ3v) is 3.13. The molecule has 1 N–H and O–H groups in total. The lowest BCUT2D eigenvalue weighted by Gasteiger charge is -2.24. The van der Waals surface area contributed by atoms with Crippen molar-refractivity contribution in [1.29, 1.82) is 0 Å². The Hall–Kier alpha value is -1.82. The predicted molar refractivity (Wildman–Crippen MR) is 76.0 cm³/mol. The summed E-state index contributed by atoms with van der Waals surface area (Å²) in [6.07, 6.45) is -0.981. The summed E-state index contributed by atoms with van der Waals surface area (Å²) in [6.45, 7) is 3.76. The highest BCUT2D eigenvalue weighted by Gasteiger charge is 2.22. The van der Waals surface area contributed by atoms with E-state index >= 15 is 0 Å². The fourth-order valence-corrected chi connectivity index (χ4v) is 1.94. The molecule has 0 aromatic heterocycles. The van der Waals surface area contributed by atoms with E-state index in [4.69, 9.17) is 21.4 Å². The monoisotopic (exact) mass is 317 g/mol. The van der Waals surface area contributed by atoms with Crippen LogP contribution < -0.4 is 4.74 Å². The molecule has 116 valence electrons. The van der Waals surface area contributed by atoms with E-state index in [9.17, 15) is 14.0 Å². The molecule has 0 heterocycles. The van der Waals surface area contributed by atoms with Crippen molar-refractivity contribution in [3.8, 4) is 5.75 Å². The molecule has 1 atom stereocenters. The van der Waals surface area contributed by atoms with Crippen molar-refractivity contribution < 1.29 is 23.8 Å². The number of amides is 1. The molecular formula is C14H17ClFNO4. The number of carboxylic acid groups (broad SMARTS) is 1.